The van der Waals surface area contributed by atoms with Gasteiger partial charge in [-0.3, -0.25) is 9.59 Å². The summed E-state index contributed by atoms with van der Waals surface area (Å²) in [5.74, 6) is -0.449. The van der Waals surface area contributed by atoms with Gasteiger partial charge in [-0.25, -0.2) is 0 Å². The van der Waals surface area contributed by atoms with Crippen molar-refractivity contribution in [3.05, 3.63) is 35.9 Å². The fourth-order valence-electron chi connectivity index (χ4n) is 2.00. The third-order valence-electron chi connectivity index (χ3n) is 3.17. The first-order chi connectivity index (χ1) is 10.6. The molecule has 122 valence electrons. The molecule has 1 atom stereocenters. The van der Waals surface area contributed by atoms with E-state index in [4.69, 9.17) is 9.47 Å². The van der Waals surface area contributed by atoms with Crippen molar-refractivity contribution in [2.45, 2.75) is 12.5 Å². The molecule has 0 fully saturated rings. The zero-order valence-electron chi connectivity index (χ0n) is 13.4. The summed E-state index contributed by atoms with van der Waals surface area (Å²) in [7, 11) is 4.68. The predicted octanol–water partition coefficient (Wildman–Crippen LogP) is 0.985. The van der Waals surface area contributed by atoms with Crippen LogP contribution in [-0.4, -0.2) is 57.7 Å². The van der Waals surface area contributed by atoms with Crippen molar-refractivity contribution >= 4 is 11.8 Å². The molecule has 1 aromatic rings. The Labute approximate surface area is 131 Å². The number of carbonyl (C=O) groups is 2. The number of ether oxygens (including phenoxy) is 2. The van der Waals surface area contributed by atoms with Crippen molar-refractivity contribution < 1.29 is 19.1 Å². The summed E-state index contributed by atoms with van der Waals surface area (Å²) in [6, 6.07) is 9.21. The maximum atomic E-state index is 12.4. The van der Waals surface area contributed by atoms with Gasteiger partial charge in [-0.05, 0) is 12.0 Å². The predicted molar refractivity (Wildman–Crippen MR) is 83.3 cm³/mol. The van der Waals surface area contributed by atoms with E-state index in [1.165, 1.54) is 12.0 Å². The Hall–Kier alpha value is -1.92. The lowest BCUT2D eigenvalue weighted by atomic mass is 10.1. The van der Waals surface area contributed by atoms with Crippen LogP contribution in [-0.2, 0) is 19.1 Å². The van der Waals surface area contributed by atoms with Crippen molar-refractivity contribution in [2.75, 3.05) is 41.0 Å². The van der Waals surface area contributed by atoms with Gasteiger partial charge in [0, 0.05) is 34.4 Å². The molecular formula is C16H24N2O4. The molecule has 0 saturated heterocycles. The van der Waals surface area contributed by atoms with E-state index in [0.717, 1.165) is 12.0 Å². The molecule has 0 saturated carbocycles. The number of benzene rings is 1. The second-order valence-corrected chi connectivity index (χ2v) is 4.92. The number of nitrogens with one attached hydrogen (secondary N) is 1. The Kier molecular flexibility index (Phi) is 8.17. The highest BCUT2D eigenvalue weighted by molar-refractivity contribution is 5.87. The Morgan fingerprint density at radius 1 is 1.23 bits per heavy atom. The molecule has 1 aromatic carbocycles. The van der Waals surface area contributed by atoms with E-state index in [9.17, 15) is 9.59 Å². The minimum absolute atomic E-state index is 0.00148. The van der Waals surface area contributed by atoms with Crippen LogP contribution in [0.1, 0.15) is 18.1 Å². The maximum Gasteiger partial charge on any atom is 0.256 e. The number of amides is 2. The van der Waals surface area contributed by atoms with Crippen molar-refractivity contribution in [2.24, 2.45) is 0 Å². The van der Waals surface area contributed by atoms with Crippen LogP contribution in [0.2, 0.25) is 0 Å². The fraction of sp³-hybridized carbons (Fsp3) is 0.500. The molecule has 22 heavy (non-hydrogen) atoms. The van der Waals surface area contributed by atoms with Crippen LogP contribution in [0.15, 0.2) is 30.3 Å². The highest BCUT2D eigenvalue weighted by atomic mass is 16.5. The number of likely N-dealkylation sites (N-methyl/N-ethyl adjacent to an activating group) is 1. The zero-order valence-corrected chi connectivity index (χ0v) is 13.4. The summed E-state index contributed by atoms with van der Waals surface area (Å²) in [6.45, 7) is 1.12. The second-order valence-electron chi connectivity index (χ2n) is 4.92. The van der Waals surface area contributed by atoms with Crippen LogP contribution in [0.3, 0.4) is 0 Å². The van der Waals surface area contributed by atoms with Crippen LogP contribution in [0.5, 0.6) is 0 Å². The van der Waals surface area contributed by atoms with E-state index in [-0.39, 0.29) is 18.4 Å². The smallest absolute Gasteiger partial charge is 0.256 e. The quantitative estimate of drug-likeness (QED) is 0.691. The van der Waals surface area contributed by atoms with Gasteiger partial charge in [0.1, 0.15) is 0 Å². The van der Waals surface area contributed by atoms with E-state index in [2.05, 4.69) is 5.32 Å². The largest absolute Gasteiger partial charge is 0.385 e. The van der Waals surface area contributed by atoms with Crippen LogP contribution >= 0.6 is 0 Å². The van der Waals surface area contributed by atoms with Crippen molar-refractivity contribution in [1.82, 2.24) is 10.2 Å². The highest BCUT2D eigenvalue weighted by Crippen LogP contribution is 2.18. The lowest BCUT2D eigenvalue weighted by molar-refractivity contribution is -0.143. The first-order valence-electron chi connectivity index (χ1n) is 7.18. The average Bonchev–Trinajstić information content (AvgIpc) is 2.53. The van der Waals surface area contributed by atoms with Gasteiger partial charge < -0.3 is 19.7 Å². The minimum Gasteiger partial charge on any atom is -0.385 e. The molecule has 6 heteroatoms. The van der Waals surface area contributed by atoms with Crippen LogP contribution in [0.25, 0.3) is 0 Å². The van der Waals surface area contributed by atoms with Crippen molar-refractivity contribution in [3.63, 3.8) is 0 Å². The van der Waals surface area contributed by atoms with Crippen LogP contribution in [0, 0.1) is 0 Å². The van der Waals surface area contributed by atoms with Crippen LogP contribution in [0.4, 0.5) is 0 Å². The first kappa shape index (κ1) is 18.1. The second kappa shape index (κ2) is 9.92. The molecule has 0 aliphatic rings. The van der Waals surface area contributed by atoms with Crippen LogP contribution < -0.4 is 5.32 Å². The molecule has 6 nitrogen and oxygen atoms in total. The standard InChI is InChI=1S/C16H24N2O4/c1-18(12-14(19)17-10-7-11-21-2)16(20)15(22-3)13-8-5-4-6-9-13/h4-6,8-9,15H,7,10-12H2,1-3H3,(H,17,19). The first-order valence-corrected chi connectivity index (χ1v) is 7.18. The van der Waals surface area contributed by atoms with Gasteiger partial charge >= 0.3 is 0 Å². The summed E-state index contributed by atoms with van der Waals surface area (Å²) >= 11 is 0. The third kappa shape index (κ3) is 5.83. The summed E-state index contributed by atoms with van der Waals surface area (Å²) in [5.41, 5.74) is 0.766. The molecule has 1 N–H and O–H groups in total. The summed E-state index contributed by atoms with van der Waals surface area (Å²) in [6.07, 6.45) is 0.0393. The molecule has 1 unspecified atom stereocenters. The number of hydrogen-bond donors (Lipinski definition) is 1. The number of methoxy groups -OCH3 is 2. The monoisotopic (exact) mass is 308 g/mol. The molecular weight excluding hydrogens is 284 g/mol. The molecule has 0 aliphatic heterocycles. The Balaban J connectivity index is 2.51. The lowest BCUT2D eigenvalue weighted by Crippen LogP contribution is -2.41. The van der Waals surface area contributed by atoms with E-state index < -0.39 is 6.10 Å². The van der Waals surface area contributed by atoms with Crippen molar-refractivity contribution in [1.29, 1.82) is 0 Å². The normalized spacial score (nSPS) is 11.8. The maximum absolute atomic E-state index is 12.4. The molecule has 0 spiro atoms. The fourth-order valence-corrected chi connectivity index (χ4v) is 2.00. The highest BCUT2D eigenvalue weighted by Gasteiger charge is 2.24. The number of rotatable bonds is 9. The molecule has 0 heterocycles. The summed E-state index contributed by atoms with van der Waals surface area (Å²) in [5, 5.41) is 2.75. The number of carbonyl (C=O) groups excluding carboxylic acids is 2. The molecule has 0 radical (unpaired) electrons. The molecule has 0 aliphatic carbocycles. The molecule has 0 bridgehead atoms. The minimum atomic E-state index is -0.701. The number of nitrogens with zero attached hydrogens (tertiary/aromatic N) is 1. The van der Waals surface area contributed by atoms with Gasteiger partial charge in [0.2, 0.25) is 5.91 Å². The molecule has 2 amide bonds. The van der Waals surface area contributed by atoms with E-state index in [1.807, 2.05) is 30.3 Å². The van der Waals surface area contributed by atoms with Gasteiger partial charge in [-0.15, -0.1) is 0 Å². The Morgan fingerprint density at radius 2 is 1.91 bits per heavy atom. The average molecular weight is 308 g/mol. The summed E-state index contributed by atoms with van der Waals surface area (Å²) < 4.78 is 10.2. The zero-order chi connectivity index (χ0) is 16.4. The summed E-state index contributed by atoms with van der Waals surface area (Å²) in [4.78, 5) is 25.5. The SMILES string of the molecule is COCCCNC(=O)CN(C)C(=O)C(OC)c1ccccc1. The van der Waals surface area contributed by atoms with Gasteiger partial charge in [0.15, 0.2) is 6.10 Å². The Morgan fingerprint density at radius 3 is 2.50 bits per heavy atom. The van der Waals surface area contributed by atoms with E-state index in [0.29, 0.717) is 13.2 Å². The van der Waals surface area contributed by atoms with Gasteiger partial charge in [0.25, 0.3) is 5.91 Å². The lowest BCUT2D eigenvalue weighted by Gasteiger charge is -2.22. The van der Waals surface area contributed by atoms with E-state index >= 15 is 0 Å². The van der Waals surface area contributed by atoms with E-state index in [1.54, 1.807) is 14.2 Å². The van der Waals surface area contributed by atoms with Gasteiger partial charge in [0.05, 0.1) is 6.54 Å². The topological polar surface area (TPSA) is 67.9 Å². The molecule has 1 rings (SSSR count). The third-order valence-corrected chi connectivity index (χ3v) is 3.17. The van der Waals surface area contributed by atoms with Crippen molar-refractivity contribution in [3.8, 4) is 0 Å². The Bertz CT molecular complexity index is 464. The van der Waals surface area contributed by atoms with Gasteiger partial charge in [-0.1, -0.05) is 30.3 Å². The number of hydrogen-bond acceptors (Lipinski definition) is 4. The molecule has 0 aromatic heterocycles. The van der Waals surface area contributed by atoms with Gasteiger partial charge in [-0.2, -0.15) is 0 Å².